The van der Waals surface area contributed by atoms with Gasteiger partial charge in [-0.2, -0.15) is 13.2 Å². The molecule has 0 aliphatic carbocycles. The van der Waals surface area contributed by atoms with Crippen molar-refractivity contribution in [3.8, 4) is 0 Å². The van der Waals surface area contributed by atoms with Crippen LogP contribution in [0.5, 0.6) is 0 Å². The highest BCUT2D eigenvalue weighted by Gasteiger charge is 2.35. The van der Waals surface area contributed by atoms with Gasteiger partial charge in [-0.1, -0.05) is 6.08 Å². The summed E-state index contributed by atoms with van der Waals surface area (Å²) in [5.74, 6) is 0.367. The molecule has 0 saturated carbocycles. The first-order valence-electron chi connectivity index (χ1n) is 6.71. The molecule has 3 nitrogen and oxygen atoms in total. The zero-order valence-corrected chi connectivity index (χ0v) is 10.8. The molecule has 0 radical (unpaired) electrons. The lowest BCUT2D eigenvalue weighted by Gasteiger charge is -2.30. The molecule has 0 atom stereocenters. The van der Waals surface area contributed by atoms with Crippen LogP contribution in [0.1, 0.15) is 25.7 Å². The van der Waals surface area contributed by atoms with E-state index in [2.05, 4.69) is 5.32 Å². The van der Waals surface area contributed by atoms with Crippen molar-refractivity contribution in [2.75, 3.05) is 26.2 Å². The van der Waals surface area contributed by atoms with E-state index in [0.29, 0.717) is 12.3 Å². The van der Waals surface area contributed by atoms with Crippen LogP contribution in [0.15, 0.2) is 11.6 Å². The van der Waals surface area contributed by atoms with Gasteiger partial charge in [-0.3, -0.25) is 4.79 Å². The number of nitrogens with one attached hydrogen (secondary N) is 1. The van der Waals surface area contributed by atoms with Gasteiger partial charge in [-0.15, -0.1) is 0 Å². The minimum absolute atomic E-state index is 0.00984. The Labute approximate surface area is 110 Å². The minimum atomic E-state index is -4.25. The number of nitrogens with zero attached hydrogens (tertiary/aromatic N) is 1. The van der Waals surface area contributed by atoms with Crippen LogP contribution < -0.4 is 5.32 Å². The van der Waals surface area contributed by atoms with Crippen molar-refractivity contribution in [1.29, 1.82) is 0 Å². The molecule has 2 rings (SSSR count). The molecule has 1 amide bonds. The van der Waals surface area contributed by atoms with Crippen molar-refractivity contribution in [3.05, 3.63) is 11.6 Å². The minimum Gasteiger partial charge on any atom is -0.339 e. The van der Waals surface area contributed by atoms with Crippen LogP contribution in [0.3, 0.4) is 0 Å². The van der Waals surface area contributed by atoms with Crippen LogP contribution in [0.4, 0.5) is 13.2 Å². The number of carbonyl (C=O) groups excluding carboxylic acids is 1. The van der Waals surface area contributed by atoms with Crippen molar-refractivity contribution in [2.24, 2.45) is 5.92 Å². The Morgan fingerprint density at radius 2 is 2.05 bits per heavy atom. The molecule has 1 fully saturated rings. The summed E-state index contributed by atoms with van der Waals surface area (Å²) in [5.41, 5.74) is -0.501. The van der Waals surface area contributed by atoms with E-state index >= 15 is 0 Å². The number of piperidine rings is 1. The van der Waals surface area contributed by atoms with Gasteiger partial charge in [0.2, 0.25) is 5.91 Å². The fourth-order valence-corrected chi connectivity index (χ4v) is 2.62. The molecule has 2 heterocycles. The van der Waals surface area contributed by atoms with Crippen LogP contribution in [0.25, 0.3) is 0 Å². The molecule has 2 aliphatic rings. The van der Waals surface area contributed by atoms with Gasteiger partial charge in [-0.25, -0.2) is 0 Å². The summed E-state index contributed by atoms with van der Waals surface area (Å²) in [6.45, 7) is 2.14. The van der Waals surface area contributed by atoms with Gasteiger partial charge in [0, 0.05) is 25.1 Å². The third-order valence-electron chi connectivity index (χ3n) is 3.85. The average molecular weight is 276 g/mol. The van der Waals surface area contributed by atoms with Crippen LogP contribution in [0.2, 0.25) is 0 Å². The first-order valence-corrected chi connectivity index (χ1v) is 6.71. The molecule has 0 bridgehead atoms. The number of halogens is 3. The molecule has 0 aromatic rings. The van der Waals surface area contributed by atoms with Gasteiger partial charge in [0.1, 0.15) is 0 Å². The van der Waals surface area contributed by atoms with E-state index in [0.717, 1.165) is 32.0 Å². The number of carbonyl (C=O) groups is 1. The van der Waals surface area contributed by atoms with Crippen molar-refractivity contribution < 1.29 is 18.0 Å². The lowest BCUT2D eigenvalue weighted by atomic mass is 9.94. The molecule has 0 aromatic carbocycles. The monoisotopic (exact) mass is 276 g/mol. The normalized spacial score (nSPS) is 22.3. The van der Waals surface area contributed by atoms with E-state index in [-0.39, 0.29) is 25.4 Å². The van der Waals surface area contributed by atoms with E-state index < -0.39 is 11.7 Å². The second-order valence-corrected chi connectivity index (χ2v) is 5.21. The van der Waals surface area contributed by atoms with E-state index in [9.17, 15) is 18.0 Å². The molecule has 1 N–H and O–H groups in total. The van der Waals surface area contributed by atoms with Crippen molar-refractivity contribution >= 4 is 5.91 Å². The molecule has 0 spiro atoms. The van der Waals surface area contributed by atoms with Crippen LogP contribution >= 0.6 is 0 Å². The maximum atomic E-state index is 12.5. The summed E-state index contributed by atoms with van der Waals surface area (Å²) in [6, 6.07) is 0. The lowest BCUT2D eigenvalue weighted by Crippen LogP contribution is -2.39. The van der Waals surface area contributed by atoms with Crippen LogP contribution in [-0.4, -0.2) is 43.2 Å². The van der Waals surface area contributed by atoms with Gasteiger partial charge in [0.15, 0.2) is 0 Å². The highest BCUT2D eigenvalue weighted by molar-refractivity contribution is 5.76. The van der Waals surface area contributed by atoms with E-state index in [4.69, 9.17) is 0 Å². The summed E-state index contributed by atoms with van der Waals surface area (Å²) < 4.78 is 37.4. The molecule has 0 unspecified atom stereocenters. The van der Waals surface area contributed by atoms with Gasteiger partial charge >= 0.3 is 6.18 Å². The number of hydrogen-bond acceptors (Lipinski definition) is 2. The van der Waals surface area contributed by atoms with E-state index in [1.165, 1.54) is 4.90 Å². The molecule has 19 heavy (non-hydrogen) atoms. The SMILES string of the molecule is O=C(CC1CCNCC1)N1CC=C(C(F)(F)F)CC1. The smallest absolute Gasteiger partial charge is 0.339 e. The number of amides is 1. The first kappa shape index (κ1) is 14.4. The molecule has 0 aromatic heterocycles. The zero-order valence-electron chi connectivity index (χ0n) is 10.8. The Balaban J connectivity index is 1.83. The molecule has 2 aliphatic heterocycles. The zero-order chi connectivity index (χ0) is 13.9. The standard InChI is InChI=1S/C13H19F3N2O/c14-13(15,16)11-3-7-18(8-4-11)12(19)9-10-1-5-17-6-2-10/h3,10,17H,1-2,4-9H2. The number of hydrogen-bond donors (Lipinski definition) is 1. The largest absolute Gasteiger partial charge is 0.412 e. The molecule has 108 valence electrons. The average Bonchev–Trinajstić information content (AvgIpc) is 2.39. The topological polar surface area (TPSA) is 32.3 Å². The number of rotatable bonds is 2. The van der Waals surface area contributed by atoms with Crippen LogP contribution in [-0.2, 0) is 4.79 Å². The number of alkyl halides is 3. The van der Waals surface area contributed by atoms with Gasteiger partial charge in [0.25, 0.3) is 0 Å². The highest BCUT2D eigenvalue weighted by atomic mass is 19.4. The summed E-state index contributed by atoms with van der Waals surface area (Å²) in [5, 5.41) is 3.23. The fourth-order valence-electron chi connectivity index (χ4n) is 2.62. The van der Waals surface area contributed by atoms with Gasteiger partial charge in [0.05, 0.1) is 0 Å². The molecule has 1 saturated heterocycles. The van der Waals surface area contributed by atoms with Crippen molar-refractivity contribution in [2.45, 2.75) is 31.9 Å². The molecular weight excluding hydrogens is 257 g/mol. The lowest BCUT2D eigenvalue weighted by molar-refractivity contribution is -0.133. The Bertz CT molecular complexity index is 359. The quantitative estimate of drug-likeness (QED) is 0.783. The van der Waals surface area contributed by atoms with Crippen molar-refractivity contribution in [3.63, 3.8) is 0 Å². The van der Waals surface area contributed by atoms with Gasteiger partial charge in [-0.05, 0) is 38.3 Å². The summed E-state index contributed by atoms with van der Waals surface area (Å²) in [6.07, 6.45) is -0.765. The van der Waals surface area contributed by atoms with Gasteiger partial charge < -0.3 is 10.2 Å². The maximum Gasteiger partial charge on any atom is 0.412 e. The van der Waals surface area contributed by atoms with Crippen LogP contribution in [0, 0.1) is 5.92 Å². The summed E-state index contributed by atoms with van der Waals surface area (Å²) in [4.78, 5) is 13.6. The van der Waals surface area contributed by atoms with E-state index in [1.54, 1.807) is 0 Å². The highest BCUT2D eigenvalue weighted by Crippen LogP contribution is 2.30. The second-order valence-electron chi connectivity index (χ2n) is 5.21. The Kier molecular flexibility index (Phi) is 4.50. The molecular formula is C13H19F3N2O. The maximum absolute atomic E-state index is 12.5. The Morgan fingerprint density at radius 3 is 2.58 bits per heavy atom. The third kappa shape index (κ3) is 3.96. The van der Waals surface area contributed by atoms with E-state index in [1.807, 2.05) is 0 Å². The van der Waals surface area contributed by atoms with Crippen molar-refractivity contribution in [1.82, 2.24) is 10.2 Å². The Hall–Kier alpha value is -1.04. The predicted octanol–water partition coefficient (Wildman–Crippen LogP) is 2.10. The summed E-state index contributed by atoms with van der Waals surface area (Å²) in [7, 11) is 0. The predicted molar refractivity (Wildman–Crippen MR) is 65.5 cm³/mol. The Morgan fingerprint density at radius 1 is 1.37 bits per heavy atom. The second kappa shape index (κ2) is 5.94. The molecule has 6 heteroatoms. The summed E-state index contributed by atoms with van der Waals surface area (Å²) >= 11 is 0. The fraction of sp³-hybridized carbons (Fsp3) is 0.769. The first-order chi connectivity index (χ1) is 8.97. The third-order valence-corrected chi connectivity index (χ3v) is 3.85.